The minimum absolute atomic E-state index is 0.172. The molecule has 0 fully saturated rings. The van der Waals surface area contributed by atoms with Crippen LogP contribution in [0.1, 0.15) is 42.8 Å². The van der Waals surface area contributed by atoms with Crippen LogP contribution in [0.25, 0.3) is 11.8 Å². The maximum atomic E-state index is 13.9. The molecule has 0 bridgehead atoms. The summed E-state index contributed by atoms with van der Waals surface area (Å²) in [5.41, 5.74) is 3.64. The minimum atomic E-state index is -0.618. The lowest BCUT2D eigenvalue weighted by Crippen LogP contribution is -2.39. The third-order valence-corrected chi connectivity index (χ3v) is 8.41. The molecule has 4 aromatic rings. The summed E-state index contributed by atoms with van der Waals surface area (Å²) in [6, 6.07) is 21.1. The predicted octanol–water partition coefficient (Wildman–Crippen LogP) is 4.84. The van der Waals surface area contributed by atoms with Crippen LogP contribution < -0.4 is 19.8 Å². The van der Waals surface area contributed by atoms with E-state index < -0.39 is 12.0 Å². The zero-order valence-electron chi connectivity index (χ0n) is 21.6. The molecular formula is C30H29N3O3S2. The van der Waals surface area contributed by atoms with Gasteiger partial charge in [0.1, 0.15) is 6.04 Å². The number of carbonyl (C=O) groups is 1. The fraction of sp³-hybridized carbons (Fsp3) is 0.233. The normalized spacial score (nSPS) is 15.2. The molecule has 5 rings (SSSR count). The highest BCUT2D eigenvalue weighted by molar-refractivity contribution is 7.10. The van der Waals surface area contributed by atoms with Gasteiger partial charge in [0.05, 0.1) is 22.4 Å². The molecule has 0 N–H and O–H groups in total. The Balaban J connectivity index is 1.71. The van der Waals surface area contributed by atoms with Gasteiger partial charge in [0, 0.05) is 29.2 Å². The molecule has 0 saturated carbocycles. The van der Waals surface area contributed by atoms with Crippen LogP contribution in [0.3, 0.4) is 0 Å². The van der Waals surface area contributed by atoms with Crippen LogP contribution >= 0.6 is 22.7 Å². The number of hydrogen-bond acceptors (Lipinski definition) is 7. The number of hydrogen-bond donors (Lipinski definition) is 0. The third kappa shape index (κ3) is 4.89. The van der Waals surface area contributed by atoms with E-state index in [-0.39, 0.29) is 12.2 Å². The molecular weight excluding hydrogens is 514 g/mol. The van der Waals surface area contributed by atoms with Gasteiger partial charge in [-0.2, -0.15) is 0 Å². The number of benzene rings is 2. The number of nitrogens with zero attached hydrogens (tertiary/aromatic N) is 3. The highest BCUT2D eigenvalue weighted by Crippen LogP contribution is 2.36. The minimum Gasteiger partial charge on any atom is -0.463 e. The summed E-state index contributed by atoms with van der Waals surface area (Å²) in [7, 11) is 0. The average Bonchev–Trinajstić information content (AvgIpc) is 3.58. The molecule has 0 amide bonds. The Labute approximate surface area is 229 Å². The van der Waals surface area contributed by atoms with Gasteiger partial charge in [0.25, 0.3) is 5.56 Å². The van der Waals surface area contributed by atoms with Crippen molar-refractivity contribution < 1.29 is 9.53 Å². The summed E-state index contributed by atoms with van der Waals surface area (Å²) in [5.74, 6) is -0.463. The monoisotopic (exact) mass is 543 g/mol. The Hall–Kier alpha value is -3.75. The van der Waals surface area contributed by atoms with Crippen molar-refractivity contribution in [2.24, 2.45) is 4.99 Å². The van der Waals surface area contributed by atoms with Gasteiger partial charge >= 0.3 is 5.97 Å². The van der Waals surface area contributed by atoms with Crippen molar-refractivity contribution in [3.05, 3.63) is 113 Å². The molecule has 0 spiro atoms. The Bertz CT molecular complexity index is 1630. The van der Waals surface area contributed by atoms with Crippen LogP contribution in [0.15, 0.2) is 87.5 Å². The first-order valence-corrected chi connectivity index (χ1v) is 14.4. The molecule has 6 nitrogen and oxygen atoms in total. The van der Waals surface area contributed by atoms with Crippen LogP contribution in [-0.4, -0.2) is 30.2 Å². The van der Waals surface area contributed by atoms with Gasteiger partial charge in [0.2, 0.25) is 0 Å². The van der Waals surface area contributed by atoms with Gasteiger partial charge in [-0.15, -0.1) is 11.3 Å². The molecule has 8 heteroatoms. The first-order valence-electron chi connectivity index (χ1n) is 12.7. The largest absolute Gasteiger partial charge is 0.463 e. The predicted molar refractivity (Wildman–Crippen MR) is 155 cm³/mol. The Morgan fingerprint density at radius 1 is 1.03 bits per heavy atom. The first-order chi connectivity index (χ1) is 18.5. The summed E-state index contributed by atoms with van der Waals surface area (Å²) in [5, 5.41) is 1.95. The topological polar surface area (TPSA) is 63.9 Å². The number of aromatic nitrogens is 1. The number of esters is 1. The van der Waals surface area contributed by atoms with Gasteiger partial charge in [-0.3, -0.25) is 9.36 Å². The van der Waals surface area contributed by atoms with Crippen molar-refractivity contribution >= 4 is 46.1 Å². The Morgan fingerprint density at radius 2 is 1.76 bits per heavy atom. The number of fused-ring (bicyclic) bond motifs is 1. The lowest BCUT2D eigenvalue weighted by molar-refractivity contribution is -0.138. The molecule has 1 unspecified atom stereocenters. The van der Waals surface area contributed by atoms with Gasteiger partial charge < -0.3 is 9.64 Å². The van der Waals surface area contributed by atoms with E-state index in [1.165, 1.54) is 22.7 Å². The molecule has 38 heavy (non-hydrogen) atoms. The number of anilines is 1. The Kier molecular flexibility index (Phi) is 7.72. The molecule has 0 radical (unpaired) electrons. The molecule has 194 valence electrons. The summed E-state index contributed by atoms with van der Waals surface area (Å²) in [4.78, 5) is 35.9. The van der Waals surface area contributed by atoms with E-state index in [1.807, 2.05) is 66.1 Å². The van der Waals surface area contributed by atoms with E-state index in [0.717, 1.165) is 34.8 Å². The van der Waals surface area contributed by atoms with Crippen LogP contribution in [0, 0.1) is 0 Å². The van der Waals surface area contributed by atoms with E-state index in [9.17, 15) is 9.59 Å². The van der Waals surface area contributed by atoms with Crippen LogP contribution in [-0.2, 0) is 9.53 Å². The fourth-order valence-electron chi connectivity index (χ4n) is 4.68. The smallest absolute Gasteiger partial charge is 0.338 e. The molecule has 1 aliphatic rings. The van der Waals surface area contributed by atoms with Gasteiger partial charge in [-0.1, -0.05) is 59.9 Å². The summed E-state index contributed by atoms with van der Waals surface area (Å²) >= 11 is 2.85. The molecule has 2 aromatic carbocycles. The average molecular weight is 544 g/mol. The van der Waals surface area contributed by atoms with Crippen molar-refractivity contribution in [3.8, 4) is 0 Å². The number of thiazole rings is 1. The zero-order valence-corrected chi connectivity index (χ0v) is 23.2. The second-order valence-electron chi connectivity index (χ2n) is 8.71. The van der Waals surface area contributed by atoms with E-state index >= 15 is 0 Å². The van der Waals surface area contributed by atoms with Crippen LogP contribution in [0.5, 0.6) is 0 Å². The first kappa shape index (κ1) is 25.9. The number of ether oxygens (including phenoxy) is 1. The molecule has 1 atom stereocenters. The summed E-state index contributed by atoms with van der Waals surface area (Å²) in [6.45, 7) is 8.15. The van der Waals surface area contributed by atoms with Crippen molar-refractivity contribution in [1.82, 2.24) is 4.57 Å². The summed E-state index contributed by atoms with van der Waals surface area (Å²) in [6.07, 6.45) is 1.90. The van der Waals surface area contributed by atoms with E-state index in [4.69, 9.17) is 9.73 Å². The standard InChI is InChI=1S/C30H29N3O3S2/c1-4-32(5-2)22-16-14-20(15-17-22)19-24-28(34)33-27(23-13-10-18-37-23)25(29(35)36-6-3)26(31-30(33)38-24)21-11-8-7-9-12-21/h7-19,27H,4-6H2,1-3H3. The number of rotatable bonds is 8. The van der Waals surface area contributed by atoms with E-state index in [2.05, 4.69) is 30.9 Å². The molecule has 0 saturated heterocycles. The SMILES string of the molecule is CCOC(=O)C1=C(c2ccccc2)N=c2sc(=Cc3ccc(N(CC)CC)cc3)c(=O)n2C1c1cccs1. The second kappa shape index (κ2) is 11.3. The lowest BCUT2D eigenvalue weighted by Gasteiger charge is -2.24. The van der Waals surface area contributed by atoms with Gasteiger partial charge in [-0.25, -0.2) is 9.79 Å². The van der Waals surface area contributed by atoms with Crippen molar-refractivity contribution in [2.45, 2.75) is 26.8 Å². The fourth-order valence-corrected chi connectivity index (χ4v) is 6.50. The highest BCUT2D eigenvalue weighted by atomic mass is 32.1. The van der Waals surface area contributed by atoms with Crippen LogP contribution in [0.4, 0.5) is 5.69 Å². The summed E-state index contributed by atoms with van der Waals surface area (Å²) < 4.78 is 7.70. The lowest BCUT2D eigenvalue weighted by atomic mass is 9.97. The number of thiophene rings is 1. The maximum absolute atomic E-state index is 13.9. The zero-order chi connectivity index (χ0) is 26.6. The second-order valence-corrected chi connectivity index (χ2v) is 10.7. The molecule has 3 heterocycles. The maximum Gasteiger partial charge on any atom is 0.338 e. The van der Waals surface area contributed by atoms with Crippen molar-refractivity contribution in [3.63, 3.8) is 0 Å². The molecule has 0 aliphatic carbocycles. The molecule has 1 aliphatic heterocycles. The van der Waals surface area contributed by atoms with E-state index in [0.29, 0.717) is 20.6 Å². The third-order valence-electron chi connectivity index (χ3n) is 6.51. The van der Waals surface area contributed by atoms with Crippen molar-refractivity contribution in [2.75, 3.05) is 24.6 Å². The van der Waals surface area contributed by atoms with E-state index in [1.54, 1.807) is 11.5 Å². The van der Waals surface area contributed by atoms with Crippen LogP contribution in [0.2, 0.25) is 0 Å². The quantitative estimate of drug-likeness (QED) is 0.298. The van der Waals surface area contributed by atoms with Gasteiger partial charge in [-0.05, 0) is 56.0 Å². The highest BCUT2D eigenvalue weighted by Gasteiger charge is 2.35. The number of carbonyl (C=O) groups excluding carboxylic acids is 1. The Morgan fingerprint density at radius 3 is 2.39 bits per heavy atom. The van der Waals surface area contributed by atoms with Gasteiger partial charge in [0.15, 0.2) is 4.80 Å². The molecule has 2 aromatic heterocycles. The van der Waals surface area contributed by atoms with Crippen molar-refractivity contribution in [1.29, 1.82) is 0 Å².